The van der Waals surface area contributed by atoms with Crippen LogP contribution in [0.25, 0.3) is 0 Å². The molecule has 7 heteroatoms. The Labute approximate surface area is 126 Å². The number of nitrogens with one attached hydrogen (secondary N) is 1. The number of fused-ring (bicyclic) bond motifs is 1. The van der Waals surface area contributed by atoms with Gasteiger partial charge in [0.05, 0.1) is 17.7 Å². The van der Waals surface area contributed by atoms with Gasteiger partial charge in [0.15, 0.2) is 5.69 Å². The van der Waals surface area contributed by atoms with Crippen molar-refractivity contribution in [2.75, 3.05) is 18.9 Å². The zero-order chi connectivity index (χ0) is 15.7. The maximum atomic E-state index is 13.6. The van der Waals surface area contributed by atoms with E-state index in [0.29, 0.717) is 6.54 Å². The Kier molecular flexibility index (Phi) is 3.89. The zero-order valence-corrected chi connectivity index (χ0v) is 12.1. The maximum absolute atomic E-state index is 13.6. The monoisotopic (exact) mass is 306 g/mol. The number of aromatic nitrogens is 2. The summed E-state index contributed by atoms with van der Waals surface area (Å²) in [6, 6.07) is 2.93. The predicted octanol–water partition coefficient (Wildman–Crippen LogP) is 2.25. The lowest BCUT2D eigenvalue weighted by molar-refractivity contribution is 0.102. The quantitative estimate of drug-likeness (QED) is 0.926. The van der Waals surface area contributed by atoms with Crippen LogP contribution in [0.3, 0.4) is 0 Å². The van der Waals surface area contributed by atoms with E-state index in [4.69, 9.17) is 0 Å². The van der Waals surface area contributed by atoms with E-state index in [1.54, 1.807) is 6.33 Å². The molecule has 2 heterocycles. The first-order valence-corrected chi connectivity index (χ1v) is 7.03. The molecule has 1 aromatic carbocycles. The van der Waals surface area contributed by atoms with Gasteiger partial charge < -0.3 is 14.8 Å². The van der Waals surface area contributed by atoms with Gasteiger partial charge in [0.1, 0.15) is 11.6 Å². The summed E-state index contributed by atoms with van der Waals surface area (Å²) in [5.74, 6) is -1.83. The van der Waals surface area contributed by atoms with Gasteiger partial charge in [0.25, 0.3) is 5.91 Å². The minimum absolute atomic E-state index is 0.186. The lowest BCUT2D eigenvalue weighted by atomic mass is 10.2. The summed E-state index contributed by atoms with van der Waals surface area (Å²) in [5.41, 5.74) is 0.848. The molecule has 0 saturated carbocycles. The molecule has 1 aliphatic heterocycles. The molecular weight excluding hydrogens is 290 g/mol. The molecular formula is C15H16F2N4O. The van der Waals surface area contributed by atoms with E-state index in [1.165, 1.54) is 0 Å². The van der Waals surface area contributed by atoms with Crippen LogP contribution in [-0.2, 0) is 13.1 Å². The van der Waals surface area contributed by atoms with Crippen LogP contribution in [0, 0.1) is 11.6 Å². The number of carbonyl (C=O) groups excluding carboxylic acids is 1. The Morgan fingerprint density at radius 1 is 1.32 bits per heavy atom. The van der Waals surface area contributed by atoms with Crippen molar-refractivity contribution in [3.05, 3.63) is 47.5 Å². The molecule has 0 fully saturated rings. The number of imidazole rings is 1. The average Bonchev–Trinajstić information content (AvgIpc) is 2.76. The number of aryl methyl sites for hydroxylation is 1. The van der Waals surface area contributed by atoms with E-state index in [0.717, 1.165) is 43.4 Å². The molecule has 1 aliphatic rings. The molecule has 3 rings (SSSR count). The van der Waals surface area contributed by atoms with E-state index < -0.39 is 17.5 Å². The molecule has 2 aromatic rings. The molecule has 0 aliphatic carbocycles. The summed E-state index contributed by atoms with van der Waals surface area (Å²) in [7, 11) is 1.97. The molecule has 0 unspecified atom stereocenters. The second kappa shape index (κ2) is 5.84. The van der Waals surface area contributed by atoms with Crippen molar-refractivity contribution >= 4 is 11.6 Å². The molecule has 0 saturated heterocycles. The second-order valence-corrected chi connectivity index (χ2v) is 5.40. The van der Waals surface area contributed by atoms with Gasteiger partial charge in [-0.25, -0.2) is 13.8 Å². The highest BCUT2D eigenvalue weighted by Gasteiger charge is 2.22. The minimum Gasteiger partial charge on any atom is -0.333 e. The number of rotatable bonds is 2. The summed E-state index contributed by atoms with van der Waals surface area (Å²) in [5, 5.41) is 2.39. The van der Waals surface area contributed by atoms with Crippen molar-refractivity contribution in [1.82, 2.24) is 14.5 Å². The van der Waals surface area contributed by atoms with Gasteiger partial charge in [-0.2, -0.15) is 0 Å². The van der Waals surface area contributed by atoms with Gasteiger partial charge in [-0.3, -0.25) is 4.79 Å². The van der Waals surface area contributed by atoms with E-state index >= 15 is 0 Å². The minimum atomic E-state index is -0.683. The first kappa shape index (κ1) is 14.6. The zero-order valence-electron chi connectivity index (χ0n) is 12.1. The van der Waals surface area contributed by atoms with Gasteiger partial charge in [0.2, 0.25) is 0 Å². The predicted molar refractivity (Wildman–Crippen MR) is 77.5 cm³/mol. The molecule has 0 bridgehead atoms. The number of hydrogen-bond donors (Lipinski definition) is 1. The molecule has 116 valence electrons. The lowest BCUT2D eigenvalue weighted by Crippen LogP contribution is -2.21. The Balaban J connectivity index is 1.87. The van der Waals surface area contributed by atoms with Crippen LogP contribution in [0.1, 0.15) is 22.6 Å². The molecule has 22 heavy (non-hydrogen) atoms. The maximum Gasteiger partial charge on any atom is 0.276 e. The smallest absolute Gasteiger partial charge is 0.276 e. The second-order valence-electron chi connectivity index (χ2n) is 5.40. The van der Waals surface area contributed by atoms with Gasteiger partial charge >= 0.3 is 0 Å². The van der Waals surface area contributed by atoms with Crippen molar-refractivity contribution in [2.45, 2.75) is 19.5 Å². The van der Waals surface area contributed by atoms with Crippen LogP contribution in [-0.4, -0.2) is 34.0 Å². The number of halogens is 2. The van der Waals surface area contributed by atoms with Crippen LogP contribution >= 0.6 is 0 Å². The van der Waals surface area contributed by atoms with Crippen molar-refractivity contribution in [2.24, 2.45) is 0 Å². The Bertz CT molecular complexity index is 714. The largest absolute Gasteiger partial charge is 0.333 e. The van der Waals surface area contributed by atoms with Crippen LogP contribution < -0.4 is 5.32 Å². The average molecular weight is 306 g/mol. The standard InChI is InChI=1S/C15H16F2N4O/c1-20-5-2-6-21-9-18-14(13(21)8-20)15(22)19-12-7-10(16)3-4-11(12)17/h3-4,7,9H,2,5-6,8H2,1H3,(H,19,22). The normalized spacial score (nSPS) is 15.2. The van der Waals surface area contributed by atoms with Gasteiger partial charge in [-0.1, -0.05) is 0 Å². The molecule has 5 nitrogen and oxygen atoms in total. The third kappa shape index (κ3) is 2.85. The number of benzene rings is 1. The number of amides is 1. The fraction of sp³-hybridized carbons (Fsp3) is 0.333. The Morgan fingerprint density at radius 2 is 2.14 bits per heavy atom. The molecule has 0 spiro atoms. The summed E-state index contributed by atoms with van der Waals surface area (Å²) in [6.45, 7) is 2.31. The highest BCUT2D eigenvalue weighted by molar-refractivity contribution is 6.03. The number of nitrogens with zero attached hydrogens (tertiary/aromatic N) is 3. The fourth-order valence-corrected chi connectivity index (χ4v) is 2.58. The SMILES string of the molecule is CN1CCCn2cnc(C(=O)Nc3cc(F)ccc3F)c2C1. The highest BCUT2D eigenvalue weighted by Crippen LogP contribution is 2.19. The van der Waals surface area contributed by atoms with Crippen LogP contribution in [0.5, 0.6) is 0 Å². The van der Waals surface area contributed by atoms with E-state index in [2.05, 4.69) is 15.2 Å². The fourth-order valence-electron chi connectivity index (χ4n) is 2.58. The first-order chi connectivity index (χ1) is 10.5. The van der Waals surface area contributed by atoms with Crippen molar-refractivity contribution < 1.29 is 13.6 Å². The van der Waals surface area contributed by atoms with E-state index in [1.807, 2.05) is 11.6 Å². The third-order valence-corrected chi connectivity index (χ3v) is 3.70. The molecule has 1 aromatic heterocycles. The van der Waals surface area contributed by atoms with Crippen LogP contribution in [0.15, 0.2) is 24.5 Å². The number of anilines is 1. The molecule has 0 radical (unpaired) electrons. The number of carbonyl (C=O) groups is 1. The third-order valence-electron chi connectivity index (χ3n) is 3.70. The Hall–Kier alpha value is -2.28. The first-order valence-electron chi connectivity index (χ1n) is 7.03. The lowest BCUT2D eigenvalue weighted by Gasteiger charge is -2.13. The summed E-state index contributed by atoms with van der Waals surface area (Å²) in [6.07, 6.45) is 2.59. The van der Waals surface area contributed by atoms with E-state index in [9.17, 15) is 13.6 Å². The highest BCUT2D eigenvalue weighted by atomic mass is 19.1. The van der Waals surface area contributed by atoms with Gasteiger partial charge in [-0.15, -0.1) is 0 Å². The van der Waals surface area contributed by atoms with Crippen molar-refractivity contribution in [1.29, 1.82) is 0 Å². The molecule has 0 atom stereocenters. The van der Waals surface area contributed by atoms with Crippen LogP contribution in [0.2, 0.25) is 0 Å². The van der Waals surface area contributed by atoms with Crippen molar-refractivity contribution in [3.8, 4) is 0 Å². The topological polar surface area (TPSA) is 50.2 Å². The van der Waals surface area contributed by atoms with Crippen LogP contribution in [0.4, 0.5) is 14.5 Å². The van der Waals surface area contributed by atoms with Gasteiger partial charge in [-0.05, 0) is 32.1 Å². The summed E-state index contributed by atoms with van der Waals surface area (Å²) in [4.78, 5) is 18.6. The summed E-state index contributed by atoms with van der Waals surface area (Å²) < 4.78 is 28.7. The van der Waals surface area contributed by atoms with Crippen molar-refractivity contribution in [3.63, 3.8) is 0 Å². The summed E-state index contributed by atoms with van der Waals surface area (Å²) >= 11 is 0. The number of hydrogen-bond acceptors (Lipinski definition) is 3. The molecule has 1 N–H and O–H groups in total. The Morgan fingerprint density at radius 3 is 2.95 bits per heavy atom. The van der Waals surface area contributed by atoms with Gasteiger partial charge in [0, 0.05) is 19.2 Å². The van der Waals surface area contributed by atoms with E-state index in [-0.39, 0.29) is 11.4 Å². The molecule has 1 amide bonds.